The van der Waals surface area contributed by atoms with Gasteiger partial charge in [0.15, 0.2) is 0 Å². The fourth-order valence-corrected chi connectivity index (χ4v) is 2.10. The van der Waals surface area contributed by atoms with E-state index in [0.717, 1.165) is 24.9 Å². The van der Waals surface area contributed by atoms with Gasteiger partial charge in [-0.15, -0.1) is 0 Å². The molecule has 1 aliphatic heterocycles. The number of carbonyl (C=O) groups excluding carboxylic acids is 1. The Morgan fingerprint density at radius 2 is 2.18 bits per heavy atom. The third-order valence-corrected chi connectivity index (χ3v) is 3.07. The molecule has 1 aromatic carbocycles. The lowest BCUT2D eigenvalue weighted by atomic mass is 10.1. The first-order valence-corrected chi connectivity index (χ1v) is 5.89. The third-order valence-electron chi connectivity index (χ3n) is 3.07. The largest absolute Gasteiger partial charge is 0.340 e. The minimum atomic E-state index is -0.250. The van der Waals surface area contributed by atoms with Gasteiger partial charge in [0.2, 0.25) is 5.91 Å². The standard InChI is InChI=1S/C13H17FN2O/c1-16(13(17)12-3-2-8-15-12)9-10-4-6-11(14)7-5-10/h4-7,12,15H,2-3,8-9H2,1H3/t12-/m1/s1. The van der Waals surface area contributed by atoms with Crippen LogP contribution in [0.1, 0.15) is 18.4 Å². The maximum Gasteiger partial charge on any atom is 0.239 e. The van der Waals surface area contributed by atoms with Crippen LogP contribution in [0.5, 0.6) is 0 Å². The summed E-state index contributed by atoms with van der Waals surface area (Å²) in [6, 6.07) is 6.21. The topological polar surface area (TPSA) is 32.3 Å². The number of nitrogens with one attached hydrogen (secondary N) is 1. The van der Waals surface area contributed by atoms with E-state index in [9.17, 15) is 9.18 Å². The molecule has 3 nitrogen and oxygen atoms in total. The summed E-state index contributed by atoms with van der Waals surface area (Å²) in [5.74, 6) is -0.132. The summed E-state index contributed by atoms with van der Waals surface area (Å²) in [6.07, 6.45) is 1.97. The highest BCUT2D eigenvalue weighted by atomic mass is 19.1. The average molecular weight is 236 g/mol. The third kappa shape index (κ3) is 3.03. The highest BCUT2D eigenvalue weighted by molar-refractivity contribution is 5.81. The summed E-state index contributed by atoms with van der Waals surface area (Å²) < 4.78 is 12.7. The van der Waals surface area contributed by atoms with Gasteiger partial charge in [0.1, 0.15) is 5.82 Å². The van der Waals surface area contributed by atoms with E-state index in [-0.39, 0.29) is 17.8 Å². The van der Waals surface area contributed by atoms with E-state index in [2.05, 4.69) is 5.32 Å². The molecular weight excluding hydrogens is 219 g/mol. The molecule has 0 spiro atoms. The minimum Gasteiger partial charge on any atom is -0.340 e. The molecule has 1 saturated heterocycles. The van der Waals surface area contributed by atoms with Crippen LogP contribution in [-0.4, -0.2) is 30.4 Å². The van der Waals surface area contributed by atoms with Crippen LogP contribution >= 0.6 is 0 Å². The Morgan fingerprint density at radius 3 is 2.76 bits per heavy atom. The van der Waals surface area contributed by atoms with Crippen molar-refractivity contribution >= 4 is 5.91 Å². The smallest absolute Gasteiger partial charge is 0.239 e. The second-order valence-corrected chi connectivity index (χ2v) is 4.47. The summed E-state index contributed by atoms with van der Waals surface area (Å²) in [7, 11) is 1.78. The zero-order valence-corrected chi connectivity index (χ0v) is 9.95. The Hall–Kier alpha value is -1.42. The molecule has 1 fully saturated rings. The molecule has 0 aliphatic carbocycles. The van der Waals surface area contributed by atoms with Gasteiger partial charge in [-0.3, -0.25) is 4.79 Å². The summed E-state index contributed by atoms with van der Waals surface area (Å²) in [5.41, 5.74) is 0.945. The number of benzene rings is 1. The number of rotatable bonds is 3. The van der Waals surface area contributed by atoms with Crippen molar-refractivity contribution in [3.05, 3.63) is 35.6 Å². The highest BCUT2D eigenvalue weighted by Crippen LogP contribution is 2.11. The van der Waals surface area contributed by atoms with Gasteiger partial charge < -0.3 is 10.2 Å². The molecule has 1 heterocycles. The van der Waals surface area contributed by atoms with E-state index in [1.54, 1.807) is 24.1 Å². The highest BCUT2D eigenvalue weighted by Gasteiger charge is 2.24. The molecule has 0 unspecified atom stereocenters. The van der Waals surface area contributed by atoms with Crippen LogP contribution in [0.3, 0.4) is 0 Å². The Morgan fingerprint density at radius 1 is 1.47 bits per heavy atom. The van der Waals surface area contributed by atoms with E-state index in [1.807, 2.05) is 0 Å². The summed E-state index contributed by atoms with van der Waals surface area (Å²) >= 11 is 0. The van der Waals surface area contributed by atoms with Crippen molar-refractivity contribution < 1.29 is 9.18 Å². The first-order chi connectivity index (χ1) is 8.16. The molecule has 0 saturated carbocycles. The molecule has 1 aromatic rings. The van der Waals surface area contributed by atoms with Gasteiger partial charge in [0.05, 0.1) is 6.04 Å². The Labute approximate surface area is 101 Å². The predicted octanol–water partition coefficient (Wildman–Crippen LogP) is 1.54. The molecule has 1 N–H and O–H groups in total. The van der Waals surface area contributed by atoms with E-state index >= 15 is 0 Å². The zero-order chi connectivity index (χ0) is 12.3. The monoisotopic (exact) mass is 236 g/mol. The van der Waals surface area contributed by atoms with Gasteiger partial charge in [0.25, 0.3) is 0 Å². The molecule has 4 heteroatoms. The van der Waals surface area contributed by atoms with Crippen molar-refractivity contribution in [2.24, 2.45) is 0 Å². The molecule has 17 heavy (non-hydrogen) atoms. The second-order valence-electron chi connectivity index (χ2n) is 4.47. The quantitative estimate of drug-likeness (QED) is 0.863. The summed E-state index contributed by atoms with van der Waals surface area (Å²) in [6.45, 7) is 1.44. The number of carbonyl (C=O) groups is 1. The molecule has 0 aromatic heterocycles. The van der Waals surface area contributed by atoms with Crippen molar-refractivity contribution in [3.8, 4) is 0 Å². The van der Waals surface area contributed by atoms with Crippen LogP contribution in [0.15, 0.2) is 24.3 Å². The van der Waals surface area contributed by atoms with Crippen LogP contribution in [0, 0.1) is 5.82 Å². The van der Waals surface area contributed by atoms with Gasteiger partial charge in [-0.1, -0.05) is 12.1 Å². The lowest BCUT2D eigenvalue weighted by molar-refractivity contribution is -0.132. The van der Waals surface area contributed by atoms with Gasteiger partial charge >= 0.3 is 0 Å². The molecule has 2 rings (SSSR count). The second kappa shape index (κ2) is 5.27. The van der Waals surface area contributed by atoms with Crippen molar-refractivity contribution in [1.82, 2.24) is 10.2 Å². The van der Waals surface area contributed by atoms with E-state index in [1.165, 1.54) is 12.1 Å². The van der Waals surface area contributed by atoms with Crippen LogP contribution in [0.4, 0.5) is 4.39 Å². The molecule has 0 bridgehead atoms. The molecule has 0 radical (unpaired) electrons. The fourth-order valence-electron chi connectivity index (χ4n) is 2.10. The minimum absolute atomic E-state index is 0.0413. The van der Waals surface area contributed by atoms with E-state index in [4.69, 9.17) is 0 Å². The molecule has 1 amide bonds. The molecule has 1 atom stereocenters. The molecular formula is C13H17FN2O. The van der Waals surface area contributed by atoms with Gasteiger partial charge in [-0.25, -0.2) is 4.39 Å². The summed E-state index contributed by atoms with van der Waals surface area (Å²) in [4.78, 5) is 13.7. The number of hydrogen-bond acceptors (Lipinski definition) is 2. The van der Waals surface area contributed by atoms with E-state index in [0.29, 0.717) is 6.54 Å². The van der Waals surface area contributed by atoms with Crippen LogP contribution < -0.4 is 5.32 Å². The predicted molar refractivity (Wildman–Crippen MR) is 63.9 cm³/mol. The lowest BCUT2D eigenvalue weighted by Gasteiger charge is -2.21. The SMILES string of the molecule is CN(Cc1ccc(F)cc1)C(=O)[C@H]1CCCN1. The average Bonchev–Trinajstić information content (AvgIpc) is 2.84. The first kappa shape index (κ1) is 12.0. The molecule has 1 aliphatic rings. The van der Waals surface area contributed by atoms with Crippen molar-refractivity contribution in [2.75, 3.05) is 13.6 Å². The Bertz CT molecular complexity index is 385. The van der Waals surface area contributed by atoms with Crippen LogP contribution in [0.2, 0.25) is 0 Å². The van der Waals surface area contributed by atoms with Crippen molar-refractivity contribution in [3.63, 3.8) is 0 Å². The zero-order valence-electron chi connectivity index (χ0n) is 9.95. The maximum absolute atomic E-state index is 12.7. The first-order valence-electron chi connectivity index (χ1n) is 5.89. The number of amides is 1. The van der Waals surface area contributed by atoms with Gasteiger partial charge in [-0.2, -0.15) is 0 Å². The maximum atomic E-state index is 12.7. The number of halogens is 1. The Kier molecular flexibility index (Phi) is 3.74. The van der Waals surface area contributed by atoms with E-state index < -0.39 is 0 Å². The normalized spacial score (nSPS) is 19.3. The Balaban J connectivity index is 1.93. The summed E-state index contributed by atoms with van der Waals surface area (Å²) in [5, 5.41) is 3.18. The fraction of sp³-hybridized carbons (Fsp3) is 0.462. The van der Waals surface area contributed by atoms with Gasteiger partial charge in [-0.05, 0) is 37.1 Å². The lowest BCUT2D eigenvalue weighted by Crippen LogP contribution is -2.41. The van der Waals surface area contributed by atoms with Crippen molar-refractivity contribution in [2.45, 2.75) is 25.4 Å². The number of hydrogen-bond donors (Lipinski definition) is 1. The number of nitrogens with zero attached hydrogens (tertiary/aromatic N) is 1. The van der Waals surface area contributed by atoms with Gasteiger partial charge in [0, 0.05) is 13.6 Å². The van der Waals surface area contributed by atoms with Crippen molar-refractivity contribution in [1.29, 1.82) is 0 Å². The number of likely N-dealkylation sites (N-methyl/N-ethyl adjacent to an activating group) is 1. The van der Waals surface area contributed by atoms with Crippen LogP contribution in [-0.2, 0) is 11.3 Å². The molecule has 92 valence electrons. The van der Waals surface area contributed by atoms with Crippen LogP contribution in [0.25, 0.3) is 0 Å².